The van der Waals surface area contributed by atoms with E-state index in [0.29, 0.717) is 10.1 Å². The van der Waals surface area contributed by atoms with Gasteiger partial charge in [0.2, 0.25) is 5.13 Å². The summed E-state index contributed by atoms with van der Waals surface area (Å²) in [5.41, 5.74) is 0.218. The van der Waals surface area contributed by atoms with E-state index in [0.717, 1.165) is 18.2 Å². The first-order valence-electron chi connectivity index (χ1n) is 8.25. The quantitative estimate of drug-likeness (QED) is 0.274. The summed E-state index contributed by atoms with van der Waals surface area (Å²) in [5, 5.41) is 10.6. The molecule has 1 aromatic heterocycles. The Labute approximate surface area is 185 Å². The van der Waals surface area contributed by atoms with Gasteiger partial charge in [0.05, 0.1) is 5.02 Å². The molecule has 2 N–H and O–H groups in total. The number of thioether (sulfide) groups is 1. The molecule has 7 nitrogen and oxygen atoms in total. The number of rotatable bonds is 8. The first-order valence-corrected chi connectivity index (χ1v) is 11.9. The second-order valence-corrected chi connectivity index (χ2v) is 9.99. The van der Waals surface area contributed by atoms with Crippen LogP contribution in [0.25, 0.3) is 0 Å². The van der Waals surface area contributed by atoms with Crippen LogP contribution in [-0.2, 0) is 10.0 Å². The van der Waals surface area contributed by atoms with Gasteiger partial charge in [0.15, 0.2) is 4.34 Å². The van der Waals surface area contributed by atoms with E-state index in [1.807, 2.05) is 0 Å². The van der Waals surface area contributed by atoms with Crippen LogP contribution in [-0.4, -0.2) is 30.3 Å². The molecular weight excluding hydrogens is 471 g/mol. The second-order valence-electron chi connectivity index (χ2n) is 5.68. The van der Waals surface area contributed by atoms with Gasteiger partial charge >= 0.3 is 0 Å². The van der Waals surface area contributed by atoms with Crippen molar-refractivity contribution in [2.75, 3.05) is 15.8 Å². The molecule has 0 bridgehead atoms. The number of nitrogens with one attached hydrogen (secondary N) is 2. The Morgan fingerprint density at radius 3 is 2.67 bits per heavy atom. The SMILES string of the molecule is C=CCSc1nnc(NC(=O)c2ccc(Cl)c(S(=O)(=O)Nc3ccc(F)cc3)c2)s1. The summed E-state index contributed by atoms with van der Waals surface area (Å²) in [6.07, 6.45) is 1.72. The molecule has 0 atom stereocenters. The molecule has 0 radical (unpaired) electrons. The molecule has 156 valence electrons. The first kappa shape index (κ1) is 22.2. The summed E-state index contributed by atoms with van der Waals surface area (Å²) in [5.74, 6) is -0.416. The molecule has 0 saturated carbocycles. The highest BCUT2D eigenvalue weighted by Crippen LogP contribution is 2.28. The zero-order valence-electron chi connectivity index (χ0n) is 15.1. The van der Waals surface area contributed by atoms with Gasteiger partial charge in [0.1, 0.15) is 10.7 Å². The average molecular weight is 485 g/mol. The van der Waals surface area contributed by atoms with E-state index in [-0.39, 0.29) is 26.3 Å². The molecule has 3 aromatic rings. The lowest BCUT2D eigenvalue weighted by Crippen LogP contribution is -2.16. The second kappa shape index (κ2) is 9.56. The van der Waals surface area contributed by atoms with E-state index >= 15 is 0 Å². The highest BCUT2D eigenvalue weighted by Gasteiger charge is 2.21. The predicted molar refractivity (Wildman–Crippen MR) is 117 cm³/mol. The van der Waals surface area contributed by atoms with Crippen molar-refractivity contribution in [3.63, 3.8) is 0 Å². The molecule has 12 heteroatoms. The fourth-order valence-electron chi connectivity index (χ4n) is 2.20. The Morgan fingerprint density at radius 1 is 1.23 bits per heavy atom. The van der Waals surface area contributed by atoms with E-state index in [1.165, 1.54) is 47.4 Å². The molecule has 0 spiro atoms. The summed E-state index contributed by atoms with van der Waals surface area (Å²) in [6, 6.07) is 8.63. The Kier molecular flexibility index (Phi) is 7.08. The van der Waals surface area contributed by atoms with Gasteiger partial charge in [-0.3, -0.25) is 14.8 Å². The zero-order chi connectivity index (χ0) is 21.7. The maximum Gasteiger partial charge on any atom is 0.263 e. The molecule has 0 aliphatic heterocycles. The number of hydrogen-bond acceptors (Lipinski definition) is 7. The fraction of sp³-hybridized carbons (Fsp3) is 0.0556. The predicted octanol–water partition coefficient (Wildman–Crippen LogP) is 4.66. The molecule has 0 fully saturated rings. The summed E-state index contributed by atoms with van der Waals surface area (Å²) in [4.78, 5) is 12.2. The smallest absolute Gasteiger partial charge is 0.263 e. The third kappa shape index (κ3) is 5.57. The Bertz CT molecular complexity index is 1180. The topological polar surface area (TPSA) is 101 Å². The normalized spacial score (nSPS) is 11.1. The first-order chi connectivity index (χ1) is 14.3. The number of halogens is 2. The van der Waals surface area contributed by atoms with Gasteiger partial charge in [-0.25, -0.2) is 12.8 Å². The van der Waals surface area contributed by atoms with Crippen LogP contribution in [0.3, 0.4) is 0 Å². The van der Waals surface area contributed by atoms with Gasteiger partial charge in [-0.15, -0.1) is 16.8 Å². The molecule has 2 aromatic carbocycles. The van der Waals surface area contributed by atoms with Crippen LogP contribution in [0.5, 0.6) is 0 Å². The Hall–Kier alpha value is -2.47. The summed E-state index contributed by atoms with van der Waals surface area (Å²) >= 11 is 8.65. The molecule has 0 saturated heterocycles. The van der Waals surface area contributed by atoms with Crippen LogP contribution in [0.2, 0.25) is 5.02 Å². The molecule has 0 aliphatic carbocycles. The van der Waals surface area contributed by atoms with E-state index in [2.05, 4.69) is 26.8 Å². The number of amides is 1. The largest absolute Gasteiger partial charge is 0.296 e. The summed E-state index contributed by atoms with van der Waals surface area (Å²) in [7, 11) is -4.11. The minimum Gasteiger partial charge on any atom is -0.296 e. The molecule has 3 rings (SSSR count). The number of anilines is 2. The monoisotopic (exact) mass is 484 g/mol. The Balaban J connectivity index is 1.79. The summed E-state index contributed by atoms with van der Waals surface area (Å²) in [6.45, 7) is 3.62. The molecular formula is C18H14ClFN4O3S3. The fourth-order valence-corrected chi connectivity index (χ4v) is 5.29. The lowest BCUT2D eigenvalue weighted by atomic mass is 10.2. The van der Waals surface area contributed by atoms with Crippen molar-refractivity contribution in [1.82, 2.24) is 10.2 Å². The van der Waals surface area contributed by atoms with Gasteiger partial charge < -0.3 is 0 Å². The number of benzene rings is 2. The number of nitrogens with zero attached hydrogens (tertiary/aromatic N) is 2. The van der Waals surface area contributed by atoms with Crippen LogP contribution in [0.15, 0.2) is 64.4 Å². The van der Waals surface area contributed by atoms with Crippen molar-refractivity contribution >= 4 is 61.4 Å². The van der Waals surface area contributed by atoms with Crippen LogP contribution in [0.1, 0.15) is 10.4 Å². The van der Waals surface area contributed by atoms with Crippen molar-refractivity contribution in [2.24, 2.45) is 0 Å². The average Bonchev–Trinajstić information content (AvgIpc) is 3.15. The van der Waals surface area contributed by atoms with Crippen molar-refractivity contribution in [3.05, 3.63) is 71.5 Å². The van der Waals surface area contributed by atoms with Gasteiger partial charge in [-0.1, -0.05) is 40.8 Å². The van der Waals surface area contributed by atoms with Crippen molar-refractivity contribution in [2.45, 2.75) is 9.24 Å². The number of hydrogen-bond donors (Lipinski definition) is 2. The maximum absolute atomic E-state index is 13.0. The van der Waals surface area contributed by atoms with Gasteiger partial charge in [0, 0.05) is 17.0 Å². The number of carbonyl (C=O) groups excluding carboxylic acids is 1. The highest BCUT2D eigenvalue weighted by molar-refractivity contribution is 8.01. The van der Waals surface area contributed by atoms with E-state index < -0.39 is 21.7 Å². The molecule has 0 aliphatic rings. The molecule has 30 heavy (non-hydrogen) atoms. The van der Waals surface area contributed by atoms with Gasteiger partial charge in [-0.05, 0) is 42.5 Å². The number of aromatic nitrogens is 2. The van der Waals surface area contributed by atoms with Crippen molar-refractivity contribution in [3.8, 4) is 0 Å². The maximum atomic E-state index is 13.0. The third-order valence-electron chi connectivity index (χ3n) is 3.53. The van der Waals surface area contributed by atoms with E-state index in [9.17, 15) is 17.6 Å². The van der Waals surface area contributed by atoms with Crippen LogP contribution >= 0.6 is 34.7 Å². The minimum absolute atomic E-state index is 0.0642. The standard InChI is InChI=1S/C18H14ClFN4O3S3/c1-2-9-28-18-23-22-17(29-18)21-16(25)11-3-8-14(19)15(10-11)30(26,27)24-13-6-4-12(20)5-7-13/h2-8,10,24H,1,9H2,(H,21,22,25). The Morgan fingerprint density at radius 2 is 1.97 bits per heavy atom. The highest BCUT2D eigenvalue weighted by atomic mass is 35.5. The van der Waals surface area contributed by atoms with Gasteiger partial charge in [-0.2, -0.15) is 0 Å². The number of carbonyl (C=O) groups is 1. The van der Waals surface area contributed by atoms with Gasteiger partial charge in [0.25, 0.3) is 15.9 Å². The van der Waals surface area contributed by atoms with E-state index in [4.69, 9.17) is 11.6 Å². The van der Waals surface area contributed by atoms with E-state index in [1.54, 1.807) is 6.08 Å². The van der Waals surface area contributed by atoms with Crippen LogP contribution in [0.4, 0.5) is 15.2 Å². The third-order valence-corrected chi connectivity index (χ3v) is 7.36. The summed E-state index contributed by atoms with van der Waals surface area (Å²) < 4.78 is 41.4. The van der Waals surface area contributed by atoms with Crippen LogP contribution in [0, 0.1) is 5.82 Å². The van der Waals surface area contributed by atoms with Crippen molar-refractivity contribution < 1.29 is 17.6 Å². The number of sulfonamides is 1. The molecule has 1 heterocycles. The van der Waals surface area contributed by atoms with Crippen LogP contribution < -0.4 is 10.0 Å². The molecule has 0 unspecified atom stereocenters. The lowest BCUT2D eigenvalue weighted by molar-refractivity contribution is 0.102. The lowest BCUT2D eigenvalue weighted by Gasteiger charge is -2.11. The minimum atomic E-state index is -4.11. The van der Waals surface area contributed by atoms with Crippen molar-refractivity contribution in [1.29, 1.82) is 0 Å². The zero-order valence-corrected chi connectivity index (χ0v) is 18.3. The molecule has 1 amide bonds.